The Hall–Kier alpha value is -2.76. The zero-order valence-corrected chi connectivity index (χ0v) is 13.5. The number of furan rings is 1. The van der Waals surface area contributed by atoms with Gasteiger partial charge in [0.25, 0.3) is 0 Å². The second-order valence-corrected chi connectivity index (χ2v) is 5.78. The predicted octanol–water partition coefficient (Wildman–Crippen LogP) is 1.95. The lowest BCUT2D eigenvalue weighted by Gasteiger charge is -2.18. The molecular formula is C18H20N2O4. The van der Waals surface area contributed by atoms with Crippen molar-refractivity contribution in [3.8, 4) is 5.75 Å². The SMILES string of the molecule is COc1ccccc1CN1C[C@@H](C(=O)NCc2ccco2)CC1=O. The van der Waals surface area contributed by atoms with E-state index in [4.69, 9.17) is 9.15 Å². The van der Waals surface area contributed by atoms with Gasteiger partial charge in [0.05, 0.1) is 25.8 Å². The van der Waals surface area contributed by atoms with Gasteiger partial charge in [-0.05, 0) is 18.2 Å². The molecule has 1 aromatic heterocycles. The molecule has 1 aromatic carbocycles. The van der Waals surface area contributed by atoms with Crippen LogP contribution >= 0.6 is 0 Å². The monoisotopic (exact) mass is 328 g/mol. The summed E-state index contributed by atoms with van der Waals surface area (Å²) in [5, 5.41) is 2.82. The van der Waals surface area contributed by atoms with E-state index < -0.39 is 0 Å². The fourth-order valence-electron chi connectivity index (χ4n) is 2.87. The number of hydrogen-bond acceptors (Lipinski definition) is 4. The Morgan fingerprint density at radius 1 is 1.33 bits per heavy atom. The molecule has 0 unspecified atom stereocenters. The number of nitrogens with one attached hydrogen (secondary N) is 1. The van der Waals surface area contributed by atoms with Gasteiger partial charge in [-0.25, -0.2) is 0 Å². The average molecular weight is 328 g/mol. The lowest BCUT2D eigenvalue weighted by Crippen LogP contribution is -2.32. The second kappa shape index (κ2) is 7.21. The molecule has 1 atom stereocenters. The standard InChI is InChI=1S/C18H20N2O4/c1-23-16-7-3-2-5-13(16)11-20-12-14(9-17(20)21)18(22)19-10-15-6-4-8-24-15/h2-8,14H,9-12H2,1H3,(H,19,22)/t14-/m0/s1. The molecular weight excluding hydrogens is 308 g/mol. The number of nitrogens with zero attached hydrogens (tertiary/aromatic N) is 1. The topological polar surface area (TPSA) is 71.8 Å². The van der Waals surface area contributed by atoms with E-state index in [-0.39, 0.29) is 24.2 Å². The molecule has 2 amide bonds. The molecule has 2 heterocycles. The van der Waals surface area contributed by atoms with Gasteiger partial charge in [0.1, 0.15) is 11.5 Å². The summed E-state index contributed by atoms with van der Waals surface area (Å²) in [5.41, 5.74) is 0.935. The summed E-state index contributed by atoms with van der Waals surface area (Å²) in [6.07, 6.45) is 1.80. The van der Waals surface area contributed by atoms with Crippen molar-refractivity contribution in [1.29, 1.82) is 0 Å². The Labute approximate surface area is 140 Å². The summed E-state index contributed by atoms with van der Waals surface area (Å²) < 4.78 is 10.5. The Morgan fingerprint density at radius 3 is 2.92 bits per heavy atom. The van der Waals surface area contributed by atoms with Gasteiger partial charge in [-0.3, -0.25) is 9.59 Å². The highest BCUT2D eigenvalue weighted by Crippen LogP contribution is 2.24. The highest BCUT2D eigenvalue weighted by molar-refractivity contribution is 5.89. The Balaban J connectivity index is 1.58. The molecule has 0 bridgehead atoms. The lowest BCUT2D eigenvalue weighted by molar-refractivity contribution is -0.129. The molecule has 1 aliphatic rings. The molecule has 1 saturated heterocycles. The maximum absolute atomic E-state index is 12.3. The van der Waals surface area contributed by atoms with E-state index in [1.807, 2.05) is 24.3 Å². The van der Waals surface area contributed by atoms with Crippen molar-refractivity contribution in [2.75, 3.05) is 13.7 Å². The third-order valence-electron chi connectivity index (χ3n) is 4.16. The molecule has 1 aliphatic heterocycles. The van der Waals surface area contributed by atoms with Crippen LogP contribution in [0.1, 0.15) is 17.7 Å². The smallest absolute Gasteiger partial charge is 0.225 e. The summed E-state index contributed by atoms with van der Waals surface area (Å²) in [6.45, 7) is 1.20. The Kier molecular flexibility index (Phi) is 4.84. The number of carbonyl (C=O) groups excluding carboxylic acids is 2. The number of amides is 2. The van der Waals surface area contributed by atoms with Crippen LogP contribution in [0.3, 0.4) is 0 Å². The molecule has 0 radical (unpaired) electrons. The van der Waals surface area contributed by atoms with E-state index in [1.165, 1.54) is 0 Å². The van der Waals surface area contributed by atoms with Crippen molar-refractivity contribution >= 4 is 11.8 Å². The van der Waals surface area contributed by atoms with Gasteiger partial charge in [0.15, 0.2) is 0 Å². The number of rotatable bonds is 6. The molecule has 2 aromatic rings. The number of para-hydroxylation sites is 1. The summed E-state index contributed by atoms with van der Waals surface area (Å²) in [7, 11) is 1.61. The lowest BCUT2D eigenvalue weighted by atomic mass is 10.1. The van der Waals surface area contributed by atoms with Gasteiger partial charge in [0.2, 0.25) is 11.8 Å². The molecule has 0 aliphatic carbocycles. The van der Waals surface area contributed by atoms with Crippen LogP contribution in [0, 0.1) is 5.92 Å². The van der Waals surface area contributed by atoms with Crippen molar-refractivity contribution in [3.63, 3.8) is 0 Å². The minimum Gasteiger partial charge on any atom is -0.496 e. The molecule has 126 valence electrons. The summed E-state index contributed by atoms with van der Waals surface area (Å²) in [4.78, 5) is 26.2. The number of benzene rings is 1. The first-order valence-electron chi connectivity index (χ1n) is 7.87. The average Bonchev–Trinajstić information content (AvgIpc) is 3.23. The minimum absolute atomic E-state index is 0.0148. The molecule has 6 heteroatoms. The Morgan fingerprint density at radius 2 is 2.17 bits per heavy atom. The zero-order valence-electron chi connectivity index (χ0n) is 13.5. The van der Waals surface area contributed by atoms with Crippen molar-refractivity contribution in [2.45, 2.75) is 19.5 Å². The fraction of sp³-hybridized carbons (Fsp3) is 0.333. The third-order valence-corrected chi connectivity index (χ3v) is 4.16. The minimum atomic E-state index is -0.331. The molecule has 24 heavy (non-hydrogen) atoms. The summed E-state index contributed by atoms with van der Waals surface area (Å²) in [5.74, 6) is 0.970. The number of methoxy groups -OCH3 is 1. The van der Waals surface area contributed by atoms with Crippen LogP contribution in [0.25, 0.3) is 0 Å². The van der Waals surface area contributed by atoms with Crippen LogP contribution in [0.5, 0.6) is 5.75 Å². The highest BCUT2D eigenvalue weighted by Gasteiger charge is 2.34. The number of ether oxygens (including phenoxy) is 1. The van der Waals surface area contributed by atoms with E-state index in [2.05, 4.69) is 5.32 Å². The first-order chi connectivity index (χ1) is 11.7. The highest BCUT2D eigenvalue weighted by atomic mass is 16.5. The number of likely N-dealkylation sites (tertiary alicyclic amines) is 1. The van der Waals surface area contributed by atoms with Gasteiger partial charge in [0, 0.05) is 25.1 Å². The van der Waals surface area contributed by atoms with Crippen molar-refractivity contribution in [1.82, 2.24) is 10.2 Å². The maximum Gasteiger partial charge on any atom is 0.225 e. The molecule has 0 spiro atoms. The normalized spacial score (nSPS) is 17.1. The molecule has 1 N–H and O–H groups in total. The first-order valence-corrected chi connectivity index (χ1v) is 7.87. The third kappa shape index (κ3) is 3.59. The van der Waals surface area contributed by atoms with Crippen LogP contribution in [0.2, 0.25) is 0 Å². The quantitative estimate of drug-likeness (QED) is 0.880. The van der Waals surface area contributed by atoms with Gasteiger partial charge in [-0.1, -0.05) is 18.2 Å². The van der Waals surface area contributed by atoms with E-state index in [9.17, 15) is 9.59 Å². The van der Waals surface area contributed by atoms with Gasteiger partial charge in [-0.15, -0.1) is 0 Å². The van der Waals surface area contributed by atoms with Crippen LogP contribution < -0.4 is 10.1 Å². The number of carbonyl (C=O) groups is 2. The summed E-state index contributed by atoms with van der Waals surface area (Å²) in [6, 6.07) is 11.2. The van der Waals surface area contributed by atoms with E-state index in [0.29, 0.717) is 25.4 Å². The first kappa shape index (κ1) is 16.1. The van der Waals surface area contributed by atoms with Gasteiger partial charge in [-0.2, -0.15) is 0 Å². The molecule has 3 rings (SSSR count). The van der Waals surface area contributed by atoms with Crippen LogP contribution in [0.4, 0.5) is 0 Å². The largest absolute Gasteiger partial charge is 0.496 e. The number of hydrogen-bond donors (Lipinski definition) is 1. The van der Waals surface area contributed by atoms with Crippen LogP contribution in [-0.2, 0) is 22.7 Å². The van der Waals surface area contributed by atoms with Gasteiger partial charge < -0.3 is 19.4 Å². The van der Waals surface area contributed by atoms with E-state index >= 15 is 0 Å². The van der Waals surface area contributed by atoms with E-state index in [1.54, 1.807) is 30.4 Å². The zero-order chi connectivity index (χ0) is 16.9. The Bertz CT molecular complexity index is 712. The van der Waals surface area contributed by atoms with Gasteiger partial charge >= 0.3 is 0 Å². The van der Waals surface area contributed by atoms with Crippen molar-refractivity contribution < 1.29 is 18.7 Å². The van der Waals surface area contributed by atoms with Crippen LogP contribution in [0.15, 0.2) is 47.1 Å². The molecule has 1 fully saturated rings. The second-order valence-electron chi connectivity index (χ2n) is 5.78. The maximum atomic E-state index is 12.3. The predicted molar refractivity (Wildman–Crippen MR) is 87.1 cm³/mol. The molecule has 6 nitrogen and oxygen atoms in total. The van der Waals surface area contributed by atoms with Crippen molar-refractivity contribution in [2.24, 2.45) is 5.92 Å². The summed E-state index contributed by atoms with van der Waals surface area (Å²) >= 11 is 0. The van der Waals surface area contributed by atoms with E-state index in [0.717, 1.165) is 11.3 Å². The molecule has 0 saturated carbocycles. The van der Waals surface area contributed by atoms with Crippen molar-refractivity contribution in [3.05, 3.63) is 54.0 Å². The fourth-order valence-corrected chi connectivity index (χ4v) is 2.87. The van der Waals surface area contributed by atoms with Crippen LogP contribution in [-0.4, -0.2) is 30.4 Å².